The van der Waals surface area contributed by atoms with E-state index in [-0.39, 0.29) is 6.04 Å². The normalized spacial score (nSPS) is 13.0. The van der Waals surface area contributed by atoms with Crippen LogP contribution >= 0.6 is 0 Å². The van der Waals surface area contributed by atoms with E-state index in [2.05, 4.69) is 11.2 Å². The van der Waals surface area contributed by atoms with Gasteiger partial charge in [-0.25, -0.2) is 0 Å². The van der Waals surface area contributed by atoms with Crippen LogP contribution in [0.15, 0.2) is 24.3 Å². The largest absolute Gasteiger partial charge is 0.416 e. The Kier molecular flexibility index (Phi) is 5.91. The number of hydrogen-bond donors (Lipinski definition) is 1. The molecular formula is C15H18F3N. The lowest BCUT2D eigenvalue weighted by molar-refractivity contribution is -0.137. The van der Waals surface area contributed by atoms with E-state index in [4.69, 9.17) is 6.42 Å². The molecule has 19 heavy (non-hydrogen) atoms. The van der Waals surface area contributed by atoms with Crippen LogP contribution in [0.1, 0.15) is 30.9 Å². The second-order valence-electron chi connectivity index (χ2n) is 4.40. The molecule has 0 bridgehead atoms. The summed E-state index contributed by atoms with van der Waals surface area (Å²) in [6.07, 6.45) is 3.13. The van der Waals surface area contributed by atoms with Crippen molar-refractivity contribution in [3.05, 3.63) is 35.4 Å². The van der Waals surface area contributed by atoms with Gasteiger partial charge in [-0.05, 0) is 37.1 Å². The van der Waals surface area contributed by atoms with Gasteiger partial charge in [-0.3, -0.25) is 0 Å². The van der Waals surface area contributed by atoms with Crippen molar-refractivity contribution in [1.82, 2.24) is 5.32 Å². The molecule has 0 fully saturated rings. The number of rotatable bonds is 6. The molecule has 1 unspecified atom stereocenters. The number of terminal acetylenes is 1. The smallest absolute Gasteiger partial charge is 0.314 e. The third-order valence-electron chi connectivity index (χ3n) is 2.89. The summed E-state index contributed by atoms with van der Waals surface area (Å²) >= 11 is 0. The zero-order valence-electron chi connectivity index (χ0n) is 10.9. The summed E-state index contributed by atoms with van der Waals surface area (Å²) in [6.45, 7) is 2.81. The molecule has 0 aliphatic carbocycles. The zero-order chi connectivity index (χ0) is 14.3. The van der Waals surface area contributed by atoms with Crippen LogP contribution < -0.4 is 5.32 Å². The fourth-order valence-electron chi connectivity index (χ4n) is 1.94. The molecule has 0 radical (unpaired) electrons. The van der Waals surface area contributed by atoms with Crippen molar-refractivity contribution in [2.75, 3.05) is 6.54 Å². The molecule has 104 valence electrons. The first-order valence-electron chi connectivity index (χ1n) is 6.30. The lowest BCUT2D eigenvalue weighted by Gasteiger charge is -2.17. The maximum atomic E-state index is 12.4. The van der Waals surface area contributed by atoms with E-state index < -0.39 is 11.7 Å². The predicted molar refractivity (Wildman–Crippen MR) is 70.7 cm³/mol. The number of halogens is 3. The quantitative estimate of drug-likeness (QED) is 0.777. The first-order chi connectivity index (χ1) is 8.97. The minimum Gasteiger partial charge on any atom is -0.314 e. The van der Waals surface area contributed by atoms with Crippen LogP contribution in [-0.4, -0.2) is 12.6 Å². The topological polar surface area (TPSA) is 12.0 Å². The third-order valence-corrected chi connectivity index (χ3v) is 2.89. The summed E-state index contributed by atoms with van der Waals surface area (Å²) in [5.41, 5.74) is 0.274. The molecule has 0 saturated carbocycles. The van der Waals surface area contributed by atoms with Gasteiger partial charge < -0.3 is 5.32 Å². The van der Waals surface area contributed by atoms with Gasteiger partial charge in [0.1, 0.15) is 0 Å². The van der Waals surface area contributed by atoms with E-state index in [1.807, 2.05) is 6.92 Å². The summed E-state index contributed by atoms with van der Waals surface area (Å²) in [5.74, 6) is 2.58. The maximum absolute atomic E-state index is 12.4. The highest BCUT2D eigenvalue weighted by Gasteiger charge is 2.29. The summed E-state index contributed by atoms with van der Waals surface area (Å²) in [4.78, 5) is 0. The monoisotopic (exact) mass is 269 g/mol. The number of benzene rings is 1. The summed E-state index contributed by atoms with van der Waals surface area (Å²) in [7, 11) is 0. The van der Waals surface area contributed by atoms with Gasteiger partial charge in [-0.2, -0.15) is 13.2 Å². The van der Waals surface area contributed by atoms with Gasteiger partial charge in [0.25, 0.3) is 0 Å². The van der Waals surface area contributed by atoms with Gasteiger partial charge in [-0.1, -0.05) is 19.1 Å². The fourth-order valence-corrected chi connectivity index (χ4v) is 1.94. The molecular weight excluding hydrogens is 251 g/mol. The highest BCUT2D eigenvalue weighted by Crippen LogP contribution is 2.29. The number of alkyl halides is 3. The van der Waals surface area contributed by atoms with E-state index in [0.717, 1.165) is 30.7 Å². The van der Waals surface area contributed by atoms with E-state index in [1.165, 1.54) is 12.1 Å². The second kappa shape index (κ2) is 7.20. The van der Waals surface area contributed by atoms with Gasteiger partial charge in [0.05, 0.1) is 5.56 Å². The van der Waals surface area contributed by atoms with Gasteiger partial charge in [0, 0.05) is 12.5 Å². The van der Waals surface area contributed by atoms with Crippen LogP contribution in [0.5, 0.6) is 0 Å². The van der Waals surface area contributed by atoms with Crippen LogP contribution in [0.4, 0.5) is 13.2 Å². The van der Waals surface area contributed by atoms with Gasteiger partial charge in [0.15, 0.2) is 0 Å². The van der Waals surface area contributed by atoms with Crippen molar-refractivity contribution < 1.29 is 13.2 Å². The van der Waals surface area contributed by atoms with Crippen molar-refractivity contribution in [3.8, 4) is 12.3 Å². The highest BCUT2D eigenvalue weighted by atomic mass is 19.4. The minimum absolute atomic E-state index is 0.206. The molecule has 0 amide bonds. The maximum Gasteiger partial charge on any atom is 0.416 e. The Balaban J connectivity index is 2.67. The molecule has 0 heterocycles. The Bertz CT molecular complexity index is 415. The van der Waals surface area contributed by atoms with E-state index in [9.17, 15) is 13.2 Å². The third kappa shape index (κ3) is 5.35. The molecule has 0 spiro atoms. The van der Waals surface area contributed by atoms with Crippen molar-refractivity contribution in [3.63, 3.8) is 0 Å². The number of likely N-dealkylation sites (N-methyl/N-ethyl adjacent to an activating group) is 1. The van der Waals surface area contributed by atoms with E-state index >= 15 is 0 Å². The molecule has 4 heteroatoms. The Morgan fingerprint density at radius 2 is 1.89 bits per heavy atom. The van der Waals surface area contributed by atoms with Crippen molar-refractivity contribution in [2.24, 2.45) is 0 Å². The summed E-state index contributed by atoms with van der Waals surface area (Å²) < 4.78 is 37.3. The molecule has 1 aromatic rings. The lowest BCUT2D eigenvalue weighted by atomic mass is 10.0. The van der Waals surface area contributed by atoms with Crippen LogP contribution in [0.2, 0.25) is 0 Å². The van der Waals surface area contributed by atoms with Gasteiger partial charge >= 0.3 is 6.18 Å². The molecule has 0 aliphatic heterocycles. The predicted octanol–water partition coefficient (Wildman–Crippen LogP) is 3.64. The van der Waals surface area contributed by atoms with Crippen LogP contribution in [0, 0.1) is 12.3 Å². The average molecular weight is 269 g/mol. The molecule has 1 rings (SSSR count). The molecule has 0 aromatic heterocycles. The first kappa shape index (κ1) is 15.6. The number of hydrogen-bond acceptors (Lipinski definition) is 1. The molecule has 0 aliphatic rings. The Morgan fingerprint density at radius 3 is 2.37 bits per heavy atom. The molecule has 1 aromatic carbocycles. The van der Waals surface area contributed by atoms with Crippen molar-refractivity contribution in [2.45, 2.75) is 38.4 Å². The van der Waals surface area contributed by atoms with Crippen LogP contribution in [0.25, 0.3) is 0 Å². The Labute approximate surface area is 112 Å². The van der Waals surface area contributed by atoms with Crippen molar-refractivity contribution in [1.29, 1.82) is 0 Å². The summed E-state index contributed by atoms with van der Waals surface area (Å²) in [6, 6.07) is 5.52. The van der Waals surface area contributed by atoms with Crippen LogP contribution in [-0.2, 0) is 12.6 Å². The number of nitrogens with one attached hydrogen (secondary N) is 1. The lowest BCUT2D eigenvalue weighted by Crippen LogP contribution is -2.30. The Morgan fingerprint density at radius 1 is 1.26 bits per heavy atom. The molecule has 1 N–H and O–H groups in total. The fraction of sp³-hybridized carbons (Fsp3) is 0.467. The van der Waals surface area contributed by atoms with Crippen LogP contribution in [0.3, 0.4) is 0 Å². The highest BCUT2D eigenvalue weighted by molar-refractivity contribution is 5.25. The second-order valence-corrected chi connectivity index (χ2v) is 4.40. The van der Waals surface area contributed by atoms with Crippen molar-refractivity contribution >= 4 is 0 Å². The molecule has 0 saturated heterocycles. The average Bonchev–Trinajstić information content (AvgIpc) is 2.36. The first-order valence-corrected chi connectivity index (χ1v) is 6.30. The summed E-state index contributed by atoms with van der Waals surface area (Å²) in [5, 5.41) is 3.29. The zero-order valence-corrected chi connectivity index (χ0v) is 10.9. The van der Waals surface area contributed by atoms with E-state index in [1.54, 1.807) is 0 Å². The minimum atomic E-state index is -4.27. The van der Waals surface area contributed by atoms with Gasteiger partial charge in [0.2, 0.25) is 0 Å². The van der Waals surface area contributed by atoms with E-state index in [0.29, 0.717) is 12.8 Å². The molecule has 1 atom stereocenters. The SMILES string of the molecule is C#CCCC(Cc1ccc(C(F)(F)F)cc1)NCC. The molecule has 1 nitrogen and oxygen atoms in total. The van der Waals surface area contributed by atoms with Gasteiger partial charge in [-0.15, -0.1) is 12.3 Å². The Hall–Kier alpha value is -1.47. The standard InChI is InChI=1S/C15H18F3N/c1-3-5-6-14(19-4-2)11-12-7-9-13(10-8-12)15(16,17)18/h1,7-10,14,19H,4-6,11H2,2H3.